The Morgan fingerprint density at radius 2 is 2.06 bits per heavy atom. The van der Waals surface area contributed by atoms with Crippen LogP contribution in [0.1, 0.15) is 12.5 Å². The van der Waals surface area contributed by atoms with Gasteiger partial charge in [0.15, 0.2) is 0 Å². The molecule has 0 aromatic heterocycles. The Morgan fingerprint density at radius 3 is 2.59 bits per heavy atom. The average molecular weight is 236 g/mol. The lowest BCUT2D eigenvalue weighted by molar-refractivity contribution is -0.131. The van der Waals surface area contributed by atoms with E-state index in [0.29, 0.717) is 6.61 Å². The van der Waals surface area contributed by atoms with Gasteiger partial charge in [-0.25, -0.2) is 4.79 Å². The van der Waals surface area contributed by atoms with Crippen molar-refractivity contribution in [1.29, 1.82) is 0 Å². The summed E-state index contributed by atoms with van der Waals surface area (Å²) in [5.41, 5.74) is 0.819. The zero-order valence-electron chi connectivity index (χ0n) is 9.92. The fourth-order valence-electron chi connectivity index (χ4n) is 1.33. The number of benzene rings is 1. The summed E-state index contributed by atoms with van der Waals surface area (Å²) < 4.78 is 10.5. The highest BCUT2D eigenvalue weighted by Crippen LogP contribution is 2.14. The lowest BCUT2D eigenvalue weighted by atomic mass is 10.2. The number of carbonyl (C=O) groups is 1. The van der Waals surface area contributed by atoms with Gasteiger partial charge in [-0.2, -0.15) is 0 Å². The van der Waals surface area contributed by atoms with E-state index in [0.717, 1.165) is 17.4 Å². The zero-order valence-corrected chi connectivity index (χ0v) is 9.92. The molecule has 1 rings (SSSR count). The second-order valence-corrected chi connectivity index (χ2v) is 3.62. The molecule has 1 aromatic carbocycles. The zero-order chi connectivity index (χ0) is 12.7. The molecule has 0 bridgehead atoms. The van der Waals surface area contributed by atoms with Gasteiger partial charge in [-0.1, -0.05) is 12.1 Å². The van der Waals surface area contributed by atoms with Crippen molar-refractivity contribution in [2.24, 2.45) is 0 Å². The molecular formula is C13H16O4. The van der Waals surface area contributed by atoms with Crippen LogP contribution < -0.4 is 4.74 Å². The van der Waals surface area contributed by atoms with Gasteiger partial charge in [0.1, 0.15) is 11.9 Å². The molecule has 92 valence electrons. The molecule has 1 unspecified atom stereocenters. The summed E-state index contributed by atoms with van der Waals surface area (Å²) >= 11 is 0. The first-order valence-electron chi connectivity index (χ1n) is 5.28. The van der Waals surface area contributed by atoms with Crippen LogP contribution in [0.4, 0.5) is 0 Å². The van der Waals surface area contributed by atoms with Gasteiger partial charge in [-0.3, -0.25) is 0 Å². The van der Waals surface area contributed by atoms with E-state index < -0.39 is 5.97 Å². The molecule has 0 aliphatic heterocycles. The van der Waals surface area contributed by atoms with E-state index in [9.17, 15) is 4.79 Å². The molecule has 0 aliphatic rings. The molecule has 0 saturated carbocycles. The van der Waals surface area contributed by atoms with Crippen molar-refractivity contribution in [3.63, 3.8) is 0 Å². The smallest absolute Gasteiger partial charge is 0.328 e. The second-order valence-electron chi connectivity index (χ2n) is 3.62. The van der Waals surface area contributed by atoms with Crippen molar-refractivity contribution in [1.82, 2.24) is 0 Å². The van der Waals surface area contributed by atoms with Crippen LogP contribution >= 0.6 is 0 Å². The number of carboxylic acid groups (broad SMARTS) is 1. The Balaban J connectivity index is 2.58. The topological polar surface area (TPSA) is 55.8 Å². The van der Waals surface area contributed by atoms with Crippen molar-refractivity contribution in [2.75, 3.05) is 13.7 Å². The van der Waals surface area contributed by atoms with E-state index in [1.54, 1.807) is 31.4 Å². The number of methoxy groups -OCH3 is 1. The highest BCUT2D eigenvalue weighted by atomic mass is 16.5. The predicted molar refractivity (Wildman–Crippen MR) is 65.1 cm³/mol. The van der Waals surface area contributed by atoms with Crippen molar-refractivity contribution >= 4 is 12.0 Å². The van der Waals surface area contributed by atoms with Crippen LogP contribution in [-0.4, -0.2) is 30.9 Å². The minimum Gasteiger partial charge on any atom is -0.488 e. The molecule has 1 aromatic rings. The summed E-state index contributed by atoms with van der Waals surface area (Å²) in [7, 11) is 1.62. The summed E-state index contributed by atoms with van der Waals surface area (Å²) in [6.45, 7) is 2.45. The Kier molecular flexibility index (Phi) is 5.23. The van der Waals surface area contributed by atoms with Crippen LogP contribution in [0.15, 0.2) is 30.3 Å². The van der Waals surface area contributed by atoms with Crippen LogP contribution in [0.5, 0.6) is 5.75 Å². The first-order chi connectivity index (χ1) is 8.11. The molecule has 4 nitrogen and oxygen atoms in total. The number of carboxylic acids is 1. The first-order valence-corrected chi connectivity index (χ1v) is 5.28. The van der Waals surface area contributed by atoms with Crippen molar-refractivity contribution in [3.05, 3.63) is 35.9 Å². The van der Waals surface area contributed by atoms with Gasteiger partial charge < -0.3 is 14.6 Å². The molecule has 0 spiro atoms. The van der Waals surface area contributed by atoms with Crippen LogP contribution in [0.2, 0.25) is 0 Å². The third-order valence-electron chi connectivity index (χ3n) is 2.04. The lowest BCUT2D eigenvalue weighted by Gasteiger charge is -2.13. The van der Waals surface area contributed by atoms with Gasteiger partial charge in [0, 0.05) is 13.2 Å². The largest absolute Gasteiger partial charge is 0.488 e. The van der Waals surface area contributed by atoms with Crippen LogP contribution in [0.3, 0.4) is 0 Å². The highest BCUT2D eigenvalue weighted by Gasteiger charge is 2.02. The first kappa shape index (κ1) is 13.3. The second kappa shape index (κ2) is 6.70. The third kappa shape index (κ3) is 5.17. The van der Waals surface area contributed by atoms with Crippen molar-refractivity contribution < 1.29 is 19.4 Å². The Hall–Kier alpha value is -1.81. The molecule has 1 atom stereocenters. The summed E-state index contributed by atoms with van der Waals surface area (Å²) in [6.07, 6.45) is 2.62. The van der Waals surface area contributed by atoms with Gasteiger partial charge in [-0.15, -0.1) is 0 Å². The molecule has 17 heavy (non-hydrogen) atoms. The normalized spacial score (nSPS) is 12.6. The molecule has 4 heteroatoms. The van der Waals surface area contributed by atoms with E-state index in [4.69, 9.17) is 14.6 Å². The maximum Gasteiger partial charge on any atom is 0.328 e. The fraction of sp³-hybridized carbons (Fsp3) is 0.308. The molecule has 0 heterocycles. The minimum absolute atomic E-state index is 0.0135. The monoisotopic (exact) mass is 236 g/mol. The van der Waals surface area contributed by atoms with Crippen LogP contribution in [0.25, 0.3) is 6.08 Å². The average Bonchev–Trinajstić information content (AvgIpc) is 2.28. The van der Waals surface area contributed by atoms with Crippen molar-refractivity contribution in [2.45, 2.75) is 13.0 Å². The Labute approximate surface area is 100 Å². The van der Waals surface area contributed by atoms with E-state index >= 15 is 0 Å². The Morgan fingerprint density at radius 1 is 1.41 bits per heavy atom. The summed E-state index contributed by atoms with van der Waals surface area (Å²) in [4.78, 5) is 10.3. The van der Waals surface area contributed by atoms with E-state index in [1.165, 1.54) is 6.08 Å². The van der Waals surface area contributed by atoms with Gasteiger partial charge in [-0.05, 0) is 30.7 Å². The number of ether oxygens (including phenoxy) is 2. The predicted octanol–water partition coefficient (Wildman–Crippen LogP) is 2.20. The van der Waals surface area contributed by atoms with Gasteiger partial charge in [0.2, 0.25) is 0 Å². The maximum atomic E-state index is 10.3. The summed E-state index contributed by atoms with van der Waals surface area (Å²) in [6, 6.07) is 7.20. The van der Waals surface area contributed by atoms with E-state index in [-0.39, 0.29) is 6.10 Å². The molecule has 0 saturated heterocycles. The standard InChI is InChI=1S/C13H16O4/c1-10(9-16-2)17-12-6-3-11(4-7-12)5-8-13(14)15/h3-8,10H,9H2,1-2H3,(H,14,15). The summed E-state index contributed by atoms with van der Waals surface area (Å²) in [5.74, 6) is -0.221. The number of hydrogen-bond donors (Lipinski definition) is 1. The van der Waals surface area contributed by atoms with E-state index in [2.05, 4.69) is 0 Å². The quantitative estimate of drug-likeness (QED) is 0.769. The molecule has 1 N–H and O–H groups in total. The molecule has 0 fully saturated rings. The van der Waals surface area contributed by atoms with Gasteiger partial charge >= 0.3 is 5.97 Å². The molecular weight excluding hydrogens is 220 g/mol. The summed E-state index contributed by atoms with van der Waals surface area (Å²) in [5, 5.41) is 8.48. The van der Waals surface area contributed by atoms with Crippen LogP contribution in [0, 0.1) is 0 Å². The SMILES string of the molecule is COCC(C)Oc1ccc(C=CC(=O)O)cc1. The van der Waals surface area contributed by atoms with Crippen molar-refractivity contribution in [3.8, 4) is 5.75 Å². The molecule has 0 radical (unpaired) electrons. The molecule has 0 aliphatic carbocycles. The maximum absolute atomic E-state index is 10.3. The minimum atomic E-state index is -0.959. The number of hydrogen-bond acceptors (Lipinski definition) is 3. The Bertz CT molecular complexity index is 381. The third-order valence-corrected chi connectivity index (χ3v) is 2.04. The molecule has 0 amide bonds. The van der Waals surface area contributed by atoms with Gasteiger partial charge in [0.05, 0.1) is 6.61 Å². The van der Waals surface area contributed by atoms with E-state index in [1.807, 2.05) is 6.92 Å². The number of rotatable bonds is 6. The highest BCUT2D eigenvalue weighted by molar-refractivity contribution is 5.85. The number of aliphatic carboxylic acids is 1. The van der Waals surface area contributed by atoms with Gasteiger partial charge in [0.25, 0.3) is 0 Å². The van der Waals surface area contributed by atoms with Crippen LogP contribution in [-0.2, 0) is 9.53 Å². The fourth-order valence-corrected chi connectivity index (χ4v) is 1.33. The lowest BCUT2D eigenvalue weighted by Crippen LogP contribution is -2.17.